The van der Waals surface area contributed by atoms with Gasteiger partial charge >= 0.3 is 0 Å². The molecular weight excluding hydrogens is 304 g/mol. The summed E-state index contributed by atoms with van der Waals surface area (Å²) >= 11 is 0. The maximum Gasteiger partial charge on any atom is 0.222 e. The predicted molar refractivity (Wildman–Crippen MR) is 90.6 cm³/mol. The molecule has 1 atom stereocenters. The number of nitrogens with zero attached hydrogens (tertiary/aromatic N) is 3. The number of nitrogens with one attached hydrogen (secondary N) is 1. The molecule has 0 saturated heterocycles. The van der Waals surface area contributed by atoms with Crippen molar-refractivity contribution in [3.05, 3.63) is 47.5 Å². The third kappa shape index (κ3) is 3.82. The third-order valence-electron chi connectivity index (χ3n) is 4.34. The normalized spacial score (nSPS) is 16.9. The number of rotatable bonds is 6. The van der Waals surface area contributed by atoms with E-state index in [0.717, 1.165) is 17.8 Å². The maximum atomic E-state index is 12.2. The number of ether oxygens (including phenoxy) is 1. The van der Waals surface area contributed by atoms with Crippen molar-refractivity contribution in [2.24, 2.45) is 0 Å². The molecule has 1 aliphatic heterocycles. The number of benzene rings is 1. The molecule has 6 nitrogen and oxygen atoms in total. The van der Waals surface area contributed by atoms with Crippen molar-refractivity contribution >= 4 is 5.91 Å². The van der Waals surface area contributed by atoms with Crippen LogP contribution in [0, 0.1) is 0 Å². The highest BCUT2D eigenvalue weighted by molar-refractivity contribution is 5.76. The highest BCUT2D eigenvalue weighted by atomic mass is 16.5. The summed E-state index contributed by atoms with van der Waals surface area (Å²) in [5, 5.41) is 11.0. The van der Waals surface area contributed by atoms with Crippen molar-refractivity contribution < 1.29 is 9.53 Å². The molecule has 2 aromatic rings. The average Bonchev–Trinajstić information content (AvgIpc) is 3.04. The molecule has 1 aromatic heterocycles. The van der Waals surface area contributed by atoms with Gasteiger partial charge in [0.1, 0.15) is 12.2 Å². The van der Waals surface area contributed by atoms with Crippen LogP contribution in [-0.4, -0.2) is 33.8 Å². The van der Waals surface area contributed by atoms with Gasteiger partial charge < -0.3 is 14.6 Å². The van der Waals surface area contributed by atoms with E-state index in [2.05, 4.69) is 41.5 Å². The molecule has 1 aromatic carbocycles. The van der Waals surface area contributed by atoms with Crippen molar-refractivity contribution in [2.45, 2.75) is 45.3 Å². The summed E-state index contributed by atoms with van der Waals surface area (Å²) in [7, 11) is 0. The van der Waals surface area contributed by atoms with Gasteiger partial charge in [-0.2, -0.15) is 0 Å². The van der Waals surface area contributed by atoms with Crippen LogP contribution >= 0.6 is 0 Å². The van der Waals surface area contributed by atoms with Crippen LogP contribution in [0.2, 0.25) is 0 Å². The first-order valence-electron chi connectivity index (χ1n) is 8.49. The zero-order valence-electron chi connectivity index (χ0n) is 14.2. The fraction of sp³-hybridized carbons (Fsp3) is 0.500. The fourth-order valence-electron chi connectivity index (χ4n) is 3.08. The van der Waals surface area contributed by atoms with Gasteiger partial charge in [0.05, 0.1) is 19.1 Å². The summed E-state index contributed by atoms with van der Waals surface area (Å²) in [6.07, 6.45) is 3.53. The quantitative estimate of drug-likeness (QED) is 0.883. The minimum atomic E-state index is -0.144. The van der Waals surface area contributed by atoms with Crippen molar-refractivity contribution in [1.82, 2.24) is 20.1 Å². The zero-order valence-corrected chi connectivity index (χ0v) is 14.2. The van der Waals surface area contributed by atoms with Crippen LogP contribution in [0.1, 0.15) is 49.4 Å². The van der Waals surface area contributed by atoms with E-state index in [0.29, 0.717) is 32.0 Å². The maximum absolute atomic E-state index is 12.2. The molecule has 0 fully saturated rings. The summed E-state index contributed by atoms with van der Waals surface area (Å²) in [5.74, 6) is 0.900. The zero-order chi connectivity index (χ0) is 16.9. The average molecular weight is 328 g/mol. The molecule has 24 heavy (non-hydrogen) atoms. The van der Waals surface area contributed by atoms with Gasteiger partial charge in [-0.1, -0.05) is 24.3 Å². The van der Waals surface area contributed by atoms with Gasteiger partial charge in [0.15, 0.2) is 0 Å². The standard InChI is InChI=1S/C18H24N4O2/c1-13(2)22-12-20-21-17(22)7-9-19-18(23)11-16-15-6-4-3-5-14(15)8-10-24-16/h3-6,12-13,16H,7-11H2,1-2H3,(H,19,23). The van der Waals surface area contributed by atoms with Crippen molar-refractivity contribution in [2.75, 3.05) is 13.2 Å². The largest absolute Gasteiger partial charge is 0.373 e. The molecule has 2 heterocycles. The van der Waals surface area contributed by atoms with Gasteiger partial charge in [-0.25, -0.2) is 0 Å². The van der Waals surface area contributed by atoms with E-state index in [1.54, 1.807) is 6.33 Å². The molecule has 128 valence electrons. The molecule has 1 amide bonds. The number of carbonyl (C=O) groups is 1. The minimum absolute atomic E-state index is 0.00677. The Morgan fingerprint density at radius 1 is 1.42 bits per heavy atom. The first-order valence-corrected chi connectivity index (χ1v) is 8.49. The van der Waals surface area contributed by atoms with Crippen LogP contribution < -0.4 is 5.32 Å². The first-order chi connectivity index (χ1) is 11.6. The lowest BCUT2D eigenvalue weighted by Crippen LogP contribution is -2.29. The monoisotopic (exact) mass is 328 g/mol. The number of hydrogen-bond acceptors (Lipinski definition) is 4. The summed E-state index contributed by atoms with van der Waals surface area (Å²) in [6, 6.07) is 8.51. The van der Waals surface area contributed by atoms with Crippen LogP contribution in [0.4, 0.5) is 0 Å². The Hall–Kier alpha value is -2.21. The second kappa shape index (κ2) is 7.57. The van der Waals surface area contributed by atoms with Crippen LogP contribution in [0.25, 0.3) is 0 Å². The predicted octanol–water partition coefficient (Wildman–Crippen LogP) is 2.22. The van der Waals surface area contributed by atoms with Gasteiger partial charge in [-0.3, -0.25) is 4.79 Å². The smallest absolute Gasteiger partial charge is 0.222 e. The van der Waals surface area contributed by atoms with Crippen molar-refractivity contribution in [3.63, 3.8) is 0 Å². The van der Waals surface area contributed by atoms with Crippen LogP contribution in [0.15, 0.2) is 30.6 Å². The Labute approximate surface area is 142 Å². The van der Waals surface area contributed by atoms with E-state index in [1.807, 2.05) is 16.7 Å². The summed E-state index contributed by atoms with van der Waals surface area (Å²) in [5.41, 5.74) is 2.42. The Balaban J connectivity index is 1.51. The third-order valence-corrected chi connectivity index (χ3v) is 4.34. The second-order valence-corrected chi connectivity index (χ2v) is 6.36. The Morgan fingerprint density at radius 3 is 3.08 bits per heavy atom. The number of fused-ring (bicyclic) bond motifs is 1. The first kappa shape index (κ1) is 16.6. The summed E-state index contributed by atoms with van der Waals surface area (Å²) < 4.78 is 7.81. The molecule has 0 bridgehead atoms. The van der Waals surface area contributed by atoms with E-state index in [-0.39, 0.29) is 12.0 Å². The van der Waals surface area contributed by atoms with Gasteiger partial charge in [0.2, 0.25) is 5.91 Å². The lowest BCUT2D eigenvalue weighted by atomic mass is 9.95. The second-order valence-electron chi connectivity index (χ2n) is 6.36. The topological polar surface area (TPSA) is 69.0 Å². The van der Waals surface area contributed by atoms with E-state index >= 15 is 0 Å². The molecule has 1 N–H and O–H groups in total. The molecule has 1 aliphatic rings. The molecule has 0 spiro atoms. The fourth-order valence-corrected chi connectivity index (χ4v) is 3.08. The number of hydrogen-bond donors (Lipinski definition) is 1. The summed E-state index contributed by atoms with van der Waals surface area (Å²) in [6.45, 7) is 5.40. The molecule has 0 aliphatic carbocycles. The van der Waals surface area contributed by atoms with Crippen molar-refractivity contribution in [3.8, 4) is 0 Å². The van der Waals surface area contributed by atoms with Gasteiger partial charge in [-0.15, -0.1) is 10.2 Å². The SMILES string of the molecule is CC(C)n1cnnc1CCNC(=O)CC1OCCc2ccccc21. The Morgan fingerprint density at radius 2 is 2.25 bits per heavy atom. The van der Waals surface area contributed by atoms with E-state index in [1.165, 1.54) is 5.56 Å². The molecule has 0 saturated carbocycles. The van der Waals surface area contributed by atoms with Gasteiger partial charge in [0, 0.05) is 19.0 Å². The molecular formula is C18H24N4O2. The van der Waals surface area contributed by atoms with Gasteiger partial charge in [-0.05, 0) is 31.4 Å². The van der Waals surface area contributed by atoms with E-state index in [4.69, 9.17) is 4.74 Å². The number of carbonyl (C=O) groups excluding carboxylic acids is 1. The molecule has 3 rings (SSSR count). The molecule has 0 radical (unpaired) electrons. The summed E-state index contributed by atoms with van der Waals surface area (Å²) in [4.78, 5) is 12.2. The van der Waals surface area contributed by atoms with Crippen molar-refractivity contribution in [1.29, 1.82) is 0 Å². The van der Waals surface area contributed by atoms with Crippen LogP contribution in [0.3, 0.4) is 0 Å². The highest BCUT2D eigenvalue weighted by Gasteiger charge is 2.22. The van der Waals surface area contributed by atoms with E-state index < -0.39 is 0 Å². The minimum Gasteiger partial charge on any atom is -0.373 e. The lowest BCUT2D eigenvalue weighted by molar-refractivity contribution is -0.124. The van der Waals surface area contributed by atoms with E-state index in [9.17, 15) is 4.79 Å². The molecule has 1 unspecified atom stereocenters. The Bertz CT molecular complexity index is 696. The van der Waals surface area contributed by atoms with Crippen LogP contribution in [-0.2, 0) is 22.4 Å². The molecule has 6 heteroatoms. The number of aromatic nitrogens is 3. The van der Waals surface area contributed by atoms with Crippen LogP contribution in [0.5, 0.6) is 0 Å². The lowest BCUT2D eigenvalue weighted by Gasteiger charge is -2.25. The Kier molecular flexibility index (Phi) is 5.25. The highest BCUT2D eigenvalue weighted by Crippen LogP contribution is 2.29. The number of amides is 1. The van der Waals surface area contributed by atoms with Gasteiger partial charge in [0.25, 0.3) is 0 Å².